The van der Waals surface area contributed by atoms with E-state index in [4.69, 9.17) is 0 Å². The molecule has 1 aliphatic carbocycles. The van der Waals surface area contributed by atoms with Gasteiger partial charge in [0, 0.05) is 0 Å². The van der Waals surface area contributed by atoms with E-state index in [0.717, 1.165) is 6.42 Å². The Morgan fingerprint density at radius 1 is 1.13 bits per heavy atom. The van der Waals surface area contributed by atoms with Crippen LogP contribution in [0.1, 0.15) is 31.7 Å². The predicted molar refractivity (Wildman–Crippen MR) is 65.8 cm³/mol. The topological polar surface area (TPSA) is 0 Å². The number of allylic oxidation sites excluding steroid dienone is 4. The van der Waals surface area contributed by atoms with Crippen molar-refractivity contribution in [3.05, 3.63) is 59.2 Å². The van der Waals surface area contributed by atoms with Gasteiger partial charge >= 0.3 is 0 Å². The van der Waals surface area contributed by atoms with Crippen LogP contribution in [0, 0.1) is 0 Å². The summed E-state index contributed by atoms with van der Waals surface area (Å²) in [4.78, 5) is 0. The van der Waals surface area contributed by atoms with Gasteiger partial charge in [-0.15, -0.1) is 0 Å². The molecular weight excluding hydrogens is 180 g/mol. The largest absolute Gasteiger partial charge is 0.0843 e. The summed E-state index contributed by atoms with van der Waals surface area (Å²) in [6.45, 7) is 2.24. The second-order valence-corrected chi connectivity index (χ2v) is 4.24. The first-order chi connectivity index (χ1) is 7.36. The summed E-state index contributed by atoms with van der Waals surface area (Å²) in [5, 5.41) is 0. The zero-order chi connectivity index (χ0) is 10.5. The van der Waals surface area contributed by atoms with Gasteiger partial charge in [0.1, 0.15) is 0 Å². The first-order valence-corrected chi connectivity index (χ1v) is 5.75. The van der Waals surface area contributed by atoms with Gasteiger partial charge in [0.2, 0.25) is 0 Å². The van der Waals surface area contributed by atoms with E-state index in [1.807, 2.05) is 0 Å². The van der Waals surface area contributed by atoms with Crippen molar-refractivity contribution in [1.82, 2.24) is 0 Å². The van der Waals surface area contributed by atoms with Crippen LogP contribution in [-0.4, -0.2) is 0 Å². The maximum Gasteiger partial charge on any atom is -0.00614 e. The molecule has 0 aliphatic heterocycles. The van der Waals surface area contributed by atoms with E-state index >= 15 is 0 Å². The van der Waals surface area contributed by atoms with Crippen molar-refractivity contribution in [2.75, 3.05) is 0 Å². The minimum atomic E-state index is 1.12. The molecule has 0 fully saturated rings. The lowest BCUT2D eigenvalue weighted by Crippen LogP contribution is -1.92. The van der Waals surface area contributed by atoms with Crippen molar-refractivity contribution >= 4 is 0 Å². The van der Waals surface area contributed by atoms with Crippen LogP contribution in [-0.2, 0) is 6.42 Å². The monoisotopic (exact) mass is 198 g/mol. The minimum absolute atomic E-state index is 1.12. The van der Waals surface area contributed by atoms with Crippen molar-refractivity contribution in [3.63, 3.8) is 0 Å². The zero-order valence-corrected chi connectivity index (χ0v) is 9.37. The van der Waals surface area contributed by atoms with Crippen LogP contribution < -0.4 is 0 Å². The summed E-state index contributed by atoms with van der Waals surface area (Å²) in [6.07, 6.45) is 9.50. The van der Waals surface area contributed by atoms with Gasteiger partial charge in [-0.05, 0) is 38.2 Å². The first-order valence-electron chi connectivity index (χ1n) is 5.75. The molecule has 0 heteroatoms. The average molecular weight is 198 g/mol. The fourth-order valence-electron chi connectivity index (χ4n) is 2.08. The van der Waals surface area contributed by atoms with Gasteiger partial charge in [0.25, 0.3) is 0 Å². The Bertz CT molecular complexity index is 368. The molecule has 0 aromatic heterocycles. The quantitative estimate of drug-likeness (QED) is 0.665. The molecule has 1 aromatic carbocycles. The molecule has 0 radical (unpaired) electrons. The Morgan fingerprint density at radius 3 is 2.73 bits per heavy atom. The van der Waals surface area contributed by atoms with Crippen LogP contribution in [0.5, 0.6) is 0 Å². The van der Waals surface area contributed by atoms with E-state index < -0.39 is 0 Å². The molecule has 78 valence electrons. The normalized spacial score (nSPS) is 16.6. The fraction of sp³-hybridized carbons (Fsp3) is 0.333. The summed E-state index contributed by atoms with van der Waals surface area (Å²) in [6, 6.07) is 10.8. The van der Waals surface area contributed by atoms with Gasteiger partial charge in [0.05, 0.1) is 0 Å². The highest BCUT2D eigenvalue weighted by Crippen LogP contribution is 2.22. The highest BCUT2D eigenvalue weighted by molar-refractivity contribution is 5.30. The standard InChI is InChI=1S/C15H18/c1-13-8-4-2-7-11-15(13)12-14-9-5-3-6-10-14/h3-6,8-10H,2,7,11-12H2,1H3. The SMILES string of the molecule is CC1=C(Cc2ccccc2)CCCC=C1. The number of hydrogen-bond donors (Lipinski definition) is 0. The molecule has 0 atom stereocenters. The summed E-state index contributed by atoms with van der Waals surface area (Å²) in [7, 11) is 0. The van der Waals surface area contributed by atoms with Gasteiger partial charge in [-0.25, -0.2) is 0 Å². The van der Waals surface area contributed by atoms with E-state index in [1.165, 1.54) is 30.4 Å². The van der Waals surface area contributed by atoms with Gasteiger partial charge in [-0.2, -0.15) is 0 Å². The van der Waals surface area contributed by atoms with Crippen molar-refractivity contribution in [2.45, 2.75) is 32.6 Å². The van der Waals surface area contributed by atoms with E-state index in [1.54, 1.807) is 5.57 Å². The summed E-state index contributed by atoms with van der Waals surface area (Å²) >= 11 is 0. The Labute approximate surface area is 92.3 Å². The fourth-order valence-corrected chi connectivity index (χ4v) is 2.08. The van der Waals surface area contributed by atoms with E-state index in [9.17, 15) is 0 Å². The first kappa shape index (κ1) is 10.2. The highest BCUT2D eigenvalue weighted by atomic mass is 14.1. The molecule has 0 N–H and O–H groups in total. The Balaban J connectivity index is 2.14. The molecule has 0 amide bonds. The maximum atomic E-state index is 2.30. The van der Waals surface area contributed by atoms with Crippen LogP contribution in [0.25, 0.3) is 0 Å². The zero-order valence-electron chi connectivity index (χ0n) is 9.37. The molecule has 0 nitrogen and oxygen atoms in total. The van der Waals surface area contributed by atoms with Crippen LogP contribution in [0.3, 0.4) is 0 Å². The third-order valence-corrected chi connectivity index (χ3v) is 3.04. The van der Waals surface area contributed by atoms with Crippen LogP contribution >= 0.6 is 0 Å². The van der Waals surface area contributed by atoms with Crippen LogP contribution in [0.2, 0.25) is 0 Å². The molecular formula is C15H18. The van der Waals surface area contributed by atoms with Gasteiger partial charge in [0.15, 0.2) is 0 Å². The molecule has 15 heavy (non-hydrogen) atoms. The Hall–Kier alpha value is -1.30. The van der Waals surface area contributed by atoms with Crippen molar-refractivity contribution in [1.29, 1.82) is 0 Å². The van der Waals surface area contributed by atoms with Crippen molar-refractivity contribution in [3.8, 4) is 0 Å². The summed E-state index contributed by atoms with van der Waals surface area (Å²) in [5.41, 5.74) is 4.51. The molecule has 0 heterocycles. The molecule has 1 aliphatic rings. The highest BCUT2D eigenvalue weighted by Gasteiger charge is 2.04. The van der Waals surface area contributed by atoms with Gasteiger partial charge in [-0.3, -0.25) is 0 Å². The van der Waals surface area contributed by atoms with Crippen LogP contribution in [0.15, 0.2) is 53.6 Å². The Morgan fingerprint density at radius 2 is 1.93 bits per heavy atom. The lowest BCUT2D eigenvalue weighted by Gasteiger charge is -2.08. The third kappa shape index (κ3) is 2.82. The van der Waals surface area contributed by atoms with Crippen molar-refractivity contribution < 1.29 is 0 Å². The lowest BCUT2D eigenvalue weighted by atomic mass is 9.98. The van der Waals surface area contributed by atoms with Gasteiger partial charge < -0.3 is 0 Å². The van der Waals surface area contributed by atoms with E-state index in [0.29, 0.717) is 0 Å². The maximum absolute atomic E-state index is 2.30. The number of hydrogen-bond acceptors (Lipinski definition) is 0. The van der Waals surface area contributed by atoms with E-state index in [2.05, 4.69) is 49.4 Å². The predicted octanol–water partition coefficient (Wildman–Crippen LogP) is 4.29. The molecule has 0 saturated carbocycles. The lowest BCUT2D eigenvalue weighted by molar-refractivity contribution is 0.815. The molecule has 2 rings (SSSR count). The van der Waals surface area contributed by atoms with E-state index in [-0.39, 0.29) is 0 Å². The molecule has 0 saturated heterocycles. The third-order valence-electron chi connectivity index (χ3n) is 3.04. The number of benzene rings is 1. The van der Waals surface area contributed by atoms with Crippen molar-refractivity contribution in [2.24, 2.45) is 0 Å². The second kappa shape index (κ2) is 4.97. The molecule has 1 aromatic rings. The molecule has 0 spiro atoms. The average Bonchev–Trinajstić information content (AvgIpc) is 2.46. The summed E-state index contributed by atoms with van der Waals surface area (Å²) in [5.74, 6) is 0. The van der Waals surface area contributed by atoms with Gasteiger partial charge in [-0.1, -0.05) is 53.6 Å². The second-order valence-electron chi connectivity index (χ2n) is 4.24. The molecule has 0 unspecified atom stereocenters. The molecule has 0 bridgehead atoms. The summed E-state index contributed by atoms with van der Waals surface area (Å²) < 4.78 is 0. The van der Waals surface area contributed by atoms with Crippen LogP contribution in [0.4, 0.5) is 0 Å². The Kier molecular flexibility index (Phi) is 3.39. The minimum Gasteiger partial charge on any atom is -0.0843 e. The smallest absolute Gasteiger partial charge is 0.00614 e. The number of rotatable bonds is 2.